The van der Waals surface area contributed by atoms with E-state index in [0.717, 1.165) is 27.7 Å². The summed E-state index contributed by atoms with van der Waals surface area (Å²) in [5.74, 6) is -0.627. The molecule has 32 heavy (non-hydrogen) atoms. The van der Waals surface area contributed by atoms with Crippen LogP contribution in [0.5, 0.6) is 0 Å². The molecule has 1 aliphatic heterocycles. The number of esters is 2. The van der Waals surface area contributed by atoms with E-state index in [2.05, 4.69) is 5.32 Å². The quantitative estimate of drug-likeness (QED) is 0.508. The normalized spacial score (nSPS) is 17.4. The number of nitrogens with one attached hydrogen (secondary N) is 1. The van der Waals surface area contributed by atoms with Gasteiger partial charge in [0, 0.05) is 6.54 Å². The Balaban J connectivity index is 2.35. The summed E-state index contributed by atoms with van der Waals surface area (Å²) in [5.41, 5.74) is 3.16. The van der Waals surface area contributed by atoms with Crippen molar-refractivity contribution >= 4 is 24.5 Å². The smallest absolute Gasteiger partial charge is 0.469 e. The Morgan fingerprint density at radius 3 is 2.09 bits per heavy atom. The average Bonchev–Trinajstić information content (AvgIpc) is 2.85. The van der Waals surface area contributed by atoms with Crippen molar-refractivity contribution in [3.63, 3.8) is 0 Å². The van der Waals surface area contributed by atoms with E-state index >= 15 is 0 Å². The first-order chi connectivity index (χ1) is 14.6. The average molecular weight is 447 g/mol. The summed E-state index contributed by atoms with van der Waals surface area (Å²) in [6, 6.07) is 2.04. The van der Waals surface area contributed by atoms with E-state index in [-0.39, 0.29) is 24.9 Å². The van der Waals surface area contributed by atoms with Crippen LogP contribution in [0, 0.1) is 13.8 Å². The van der Waals surface area contributed by atoms with Crippen LogP contribution in [0.1, 0.15) is 70.7 Å². The van der Waals surface area contributed by atoms with Crippen molar-refractivity contribution in [2.75, 3.05) is 13.7 Å². The fourth-order valence-corrected chi connectivity index (χ4v) is 3.61. The minimum atomic E-state index is -0.554. The highest BCUT2D eigenvalue weighted by atomic mass is 16.7. The molecule has 0 atom stereocenters. The molecule has 1 aromatic carbocycles. The van der Waals surface area contributed by atoms with Crippen molar-refractivity contribution in [2.24, 2.45) is 0 Å². The van der Waals surface area contributed by atoms with Crippen LogP contribution in [-0.4, -0.2) is 49.5 Å². The van der Waals surface area contributed by atoms with Gasteiger partial charge in [-0.05, 0) is 90.0 Å². The summed E-state index contributed by atoms with van der Waals surface area (Å²) in [7, 11) is 0.829. The van der Waals surface area contributed by atoms with Crippen LogP contribution in [0.3, 0.4) is 0 Å². The number of methoxy groups -OCH3 is 1. The van der Waals surface area contributed by atoms with Crippen molar-refractivity contribution < 1.29 is 28.4 Å². The van der Waals surface area contributed by atoms with E-state index in [4.69, 9.17) is 18.8 Å². The maximum absolute atomic E-state index is 12.1. The number of carbonyl (C=O) groups excluding carboxylic acids is 2. The third kappa shape index (κ3) is 6.12. The Bertz CT molecular complexity index is 856. The Morgan fingerprint density at radius 1 is 1.03 bits per heavy atom. The third-order valence-corrected chi connectivity index (χ3v) is 6.21. The molecule has 0 aromatic heterocycles. The van der Waals surface area contributed by atoms with Gasteiger partial charge in [0.05, 0.1) is 31.3 Å². The molecule has 178 valence electrons. The van der Waals surface area contributed by atoms with Crippen LogP contribution < -0.4 is 10.8 Å². The van der Waals surface area contributed by atoms with E-state index in [1.54, 1.807) is 0 Å². The van der Waals surface area contributed by atoms with Gasteiger partial charge >= 0.3 is 19.1 Å². The van der Waals surface area contributed by atoms with Crippen LogP contribution in [-0.2, 0) is 41.3 Å². The SMILES string of the molecule is COC(=O)Cc1c(C)c(CNCC(=O)OC(C)(C)C)cc(B2OC(C)(C)C(C)(C)O2)c1C. The van der Waals surface area contributed by atoms with Gasteiger partial charge in [0.15, 0.2) is 0 Å². The van der Waals surface area contributed by atoms with Gasteiger partial charge in [0.1, 0.15) is 5.60 Å². The van der Waals surface area contributed by atoms with E-state index in [0.29, 0.717) is 6.54 Å². The summed E-state index contributed by atoms with van der Waals surface area (Å²) < 4.78 is 22.8. The molecule has 1 heterocycles. The summed E-state index contributed by atoms with van der Waals surface area (Å²) in [5, 5.41) is 3.16. The van der Waals surface area contributed by atoms with Gasteiger partial charge in [0.25, 0.3) is 0 Å². The Morgan fingerprint density at radius 2 is 1.59 bits per heavy atom. The highest BCUT2D eigenvalue weighted by molar-refractivity contribution is 6.62. The lowest BCUT2D eigenvalue weighted by Gasteiger charge is -2.32. The number of carbonyl (C=O) groups is 2. The monoisotopic (exact) mass is 447 g/mol. The molecule has 0 radical (unpaired) electrons. The maximum Gasteiger partial charge on any atom is 0.495 e. The molecule has 0 spiro atoms. The zero-order valence-electron chi connectivity index (χ0n) is 21.2. The van der Waals surface area contributed by atoms with Crippen LogP contribution >= 0.6 is 0 Å². The highest BCUT2D eigenvalue weighted by Gasteiger charge is 2.52. The summed E-state index contributed by atoms with van der Waals surface area (Å²) >= 11 is 0. The van der Waals surface area contributed by atoms with Gasteiger partial charge in [-0.1, -0.05) is 6.07 Å². The topological polar surface area (TPSA) is 83.1 Å². The van der Waals surface area contributed by atoms with E-state index < -0.39 is 23.9 Å². The third-order valence-electron chi connectivity index (χ3n) is 6.21. The lowest BCUT2D eigenvalue weighted by Crippen LogP contribution is -2.41. The van der Waals surface area contributed by atoms with E-state index in [9.17, 15) is 9.59 Å². The molecular weight excluding hydrogens is 409 g/mol. The molecule has 1 saturated heterocycles. The predicted molar refractivity (Wildman–Crippen MR) is 125 cm³/mol. The van der Waals surface area contributed by atoms with Gasteiger partial charge in [-0.3, -0.25) is 9.59 Å². The molecular formula is C24H38BNO6. The molecule has 1 N–H and O–H groups in total. The van der Waals surface area contributed by atoms with Crippen LogP contribution in [0.2, 0.25) is 0 Å². The first-order valence-corrected chi connectivity index (χ1v) is 11.0. The van der Waals surface area contributed by atoms with Crippen LogP contribution in [0.25, 0.3) is 0 Å². The fraction of sp³-hybridized carbons (Fsp3) is 0.667. The zero-order chi connectivity index (χ0) is 24.5. The second-order valence-electron chi connectivity index (χ2n) is 10.4. The van der Waals surface area contributed by atoms with Crippen molar-refractivity contribution in [3.8, 4) is 0 Å². The lowest BCUT2D eigenvalue weighted by atomic mass is 9.72. The molecule has 0 saturated carbocycles. The summed E-state index contributed by atoms with van der Waals surface area (Å²) in [6.07, 6.45) is 0.153. The number of ether oxygens (including phenoxy) is 2. The van der Waals surface area contributed by atoms with Gasteiger partial charge in [-0.2, -0.15) is 0 Å². The minimum absolute atomic E-state index is 0.0861. The van der Waals surface area contributed by atoms with Crippen molar-refractivity contribution in [2.45, 2.75) is 92.1 Å². The fourth-order valence-electron chi connectivity index (χ4n) is 3.61. The zero-order valence-corrected chi connectivity index (χ0v) is 21.2. The Kier molecular flexibility index (Phi) is 7.85. The molecule has 0 unspecified atom stereocenters. The molecule has 1 aliphatic rings. The minimum Gasteiger partial charge on any atom is -0.469 e. The van der Waals surface area contributed by atoms with Gasteiger partial charge < -0.3 is 24.1 Å². The molecule has 0 bridgehead atoms. The molecule has 1 fully saturated rings. The summed E-state index contributed by atoms with van der Waals surface area (Å²) in [6.45, 7) is 18.0. The van der Waals surface area contributed by atoms with E-state index in [1.807, 2.05) is 68.4 Å². The number of rotatable bonds is 7. The van der Waals surface area contributed by atoms with Crippen molar-refractivity contribution in [1.29, 1.82) is 0 Å². The van der Waals surface area contributed by atoms with Crippen molar-refractivity contribution in [3.05, 3.63) is 28.3 Å². The predicted octanol–water partition coefficient (Wildman–Crippen LogP) is 2.75. The first kappa shape index (κ1) is 26.4. The van der Waals surface area contributed by atoms with Crippen LogP contribution in [0.15, 0.2) is 6.07 Å². The number of hydrogen-bond acceptors (Lipinski definition) is 7. The van der Waals surface area contributed by atoms with Gasteiger partial charge in [-0.15, -0.1) is 0 Å². The Labute approximate surface area is 192 Å². The Hall–Kier alpha value is -1.90. The summed E-state index contributed by atoms with van der Waals surface area (Å²) in [4.78, 5) is 24.2. The molecule has 0 aliphatic carbocycles. The molecule has 0 amide bonds. The number of hydrogen-bond donors (Lipinski definition) is 1. The molecule has 1 aromatic rings. The second-order valence-corrected chi connectivity index (χ2v) is 10.4. The largest absolute Gasteiger partial charge is 0.495 e. The molecule has 8 heteroatoms. The van der Waals surface area contributed by atoms with Gasteiger partial charge in [0.2, 0.25) is 0 Å². The highest BCUT2D eigenvalue weighted by Crippen LogP contribution is 2.37. The maximum atomic E-state index is 12.1. The lowest BCUT2D eigenvalue weighted by molar-refractivity contribution is -0.153. The van der Waals surface area contributed by atoms with Crippen molar-refractivity contribution in [1.82, 2.24) is 5.32 Å². The van der Waals surface area contributed by atoms with Crippen LogP contribution in [0.4, 0.5) is 0 Å². The van der Waals surface area contributed by atoms with E-state index in [1.165, 1.54) is 7.11 Å². The second kappa shape index (κ2) is 9.53. The van der Waals surface area contributed by atoms with Gasteiger partial charge in [-0.25, -0.2) is 0 Å². The number of benzene rings is 1. The first-order valence-electron chi connectivity index (χ1n) is 11.0. The molecule has 2 rings (SSSR count). The molecule has 7 nitrogen and oxygen atoms in total. The standard InChI is InChI=1S/C24H38BNO6/c1-15-17(13-26-14-21(28)30-22(3,4)5)11-19(16(2)18(15)12-20(27)29-10)25-31-23(6,7)24(8,9)32-25/h11,26H,12-14H2,1-10H3.